The van der Waals surface area contributed by atoms with Gasteiger partial charge in [0, 0.05) is 23.2 Å². The Kier molecular flexibility index (Phi) is 3.73. The number of thiophene rings is 1. The van der Waals surface area contributed by atoms with Crippen molar-refractivity contribution < 1.29 is 9.59 Å². The molecule has 1 aromatic carbocycles. The van der Waals surface area contributed by atoms with Crippen LogP contribution < -0.4 is 11.1 Å². The molecule has 2 aromatic rings. The summed E-state index contributed by atoms with van der Waals surface area (Å²) in [6.45, 7) is 1.20. The standard InChI is InChI=1S/C14H14ClN3O2S/c15-8-3-1-4-9-11(8)12(16)13(21-9)14(20)18-6-2-5-17-10(19)7-18/h1,3-4H,2,5-7,16H2,(H,17,19). The quantitative estimate of drug-likeness (QED) is 0.844. The molecule has 110 valence electrons. The Bertz CT molecular complexity index is 728. The fraction of sp³-hybridized carbons (Fsp3) is 0.286. The third-order valence-electron chi connectivity index (χ3n) is 3.44. The van der Waals surface area contributed by atoms with Gasteiger partial charge in [-0.1, -0.05) is 17.7 Å². The number of anilines is 1. The van der Waals surface area contributed by atoms with Crippen molar-refractivity contribution in [2.24, 2.45) is 0 Å². The van der Waals surface area contributed by atoms with Gasteiger partial charge in [-0.25, -0.2) is 0 Å². The molecule has 1 saturated heterocycles. The molecule has 7 heteroatoms. The van der Waals surface area contributed by atoms with E-state index in [1.54, 1.807) is 6.07 Å². The van der Waals surface area contributed by atoms with Gasteiger partial charge in [-0.3, -0.25) is 9.59 Å². The molecular formula is C14H14ClN3O2S. The molecule has 1 aromatic heterocycles. The number of rotatable bonds is 1. The first-order valence-corrected chi connectivity index (χ1v) is 7.80. The maximum atomic E-state index is 12.6. The number of fused-ring (bicyclic) bond motifs is 1. The zero-order valence-corrected chi connectivity index (χ0v) is 12.8. The predicted octanol–water partition coefficient (Wildman–Crippen LogP) is 2.10. The third kappa shape index (κ3) is 2.56. The topological polar surface area (TPSA) is 75.4 Å². The number of nitrogens with zero attached hydrogens (tertiary/aromatic N) is 1. The molecule has 0 unspecified atom stereocenters. The highest BCUT2D eigenvalue weighted by Crippen LogP contribution is 2.38. The number of nitrogens with one attached hydrogen (secondary N) is 1. The Balaban J connectivity index is 1.99. The minimum absolute atomic E-state index is 0.0697. The Hall–Kier alpha value is -1.79. The van der Waals surface area contributed by atoms with E-state index < -0.39 is 0 Å². The minimum atomic E-state index is -0.207. The molecule has 21 heavy (non-hydrogen) atoms. The third-order valence-corrected chi connectivity index (χ3v) is 4.92. The van der Waals surface area contributed by atoms with E-state index >= 15 is 0 Å². The van der Waals surface area contributed by atoms with Crippen LogP contribution in [0.25, 0.3) is 10.1 Å². The van der Waals surface area contributed by atoms with Gasteiger partial charge in [-0.2, -0.15) is 0 Å². The molecule has 0 bridgehead atoms. The molecule has 0 saturated carbocycles. The summed E-state index contributed by atoms with van der Waals surface area (Å²) in [5.41, 5.74) is 6.50. The largest absolute Gasteiger partial charge is 0.397 e. The average Bonchev–Trinajstić information content (AvgIpc) is 2.65. The highest BCUT2D eigenvalue weighted by molar-refractivity contribution is 7.21. The predicted molar refractivity (Wildman–Crippen MR) is 84.8 cm³/mol. The Labute approximate surface area is 130 Å². The van der Waals surface area contributed by atoms with Crippen molar-refractivity contribution in [2.45, 2.75) is 6.42 Å². The van der Waals surface area contributed by atoms with Crippen LogP contribution in [0.4, 0.5) is 5.69 Å². The molecule has 0 spiro atoms. The first-order chi connectivity index (χ1) is 10.1. The molecule has 3 rings (SSSR count). The minimum Gasteiger partial charge on any atom is -0.397 e. The van der Waals surface area contributed by atoms with Crippen molar-refractivity contribution in [1.82, 2.24) is 10.2 Å². The van der Waals surface area contributed by atoms with Crippen LogP contribution in [0.3, 0.4) is 0 Å². The van der Waals surface area contributed by atoms with Crippen molar-refractivity contribution in [3.8, 4) is 0 Å². The monoisotopic (exact) mass is 323 g/mol. The van der Waals surface area contributed by atoms with Crippen LogP contribution in [0.2, 0.25) is 5.02 Å². The van der Waals surface area contributed by atoms with E-state index in [4.69, 9.17) is 17.3 Å². The first kappa shape index (κ1) is 14.2. The van der Waals surface area contributed by atoms with Gasteiger partial charge in [0.25, 0.3) is 5.91 Å². The van der Waals surface area contributed by atoms with Crippen molar-refractivity contribution >= 4 is 50.5 Å². The van der Waals surface area contributed by atoms with E-state index in [0.29, 0.717) is 34.1 Å². The summed E-state index contributed by atoms with van der Waals surface area (Å²) in [5, 5.41) is 4.00. The highest BCUT2D eigenvalue weighted by atomic mass is 35.5. The molecule has 0 radical (unpaired) electrons. The van der Waals surface area contributed by atoms with Gasteiger partial charge in [-0.15, -0.1) is 11.3 Å². The van der Waals surface area contributed by atoms with Gasteiger partial charge in [0.1, 0.15) is 4.88 Å². The van der Waals surface area contributed by atoms with Crippen LogP contribution >= 0.6 is 22.9 Å². The lowest BCUT2D eigenvalue weighted by atomic mass is 10.2. The van der Waals surface area contributed by atoms with Crippen LogP contribution in [0.15, 0.2) is 18.2 Å². The molecule has 0 aliphatic carbocycles. The van der Waals surface area contributed by atoms with Crippen molar-refractivity contribution in [2.75, 3.05) is 25.4 Å². The summed E-state index contributed by atoms with van der Waals surface area (Å²) in [5.74, 6) is -0.347. The summed E-state index contributed by atoms with van der Waals surface area (Å²) in [7, 11) is 0. The molecular weight excluding hydrogens is 310 g/mol. The molecule has 2 heterocycles. The second-order valence-corrected chi connectivity index (χ2v) is 6.35. The smallest absolute Gasteiger partial charge is 0.266 e. The van der Waals surface area contributed by atoms with Gasteiger partial charge < -0.3 is 16.0 Å². The van der Waals surface area contributed by atoms with Gasteiger partial charge >= 0.3 is 0 Å². The lowest BCUT2D eigenvalue weighted by molar-refractivity contribution is -0.121. The summed E-state index contributed by atoms with van der Waals surface area (Å²) in [6.07, 6.45) is 0.739. The first-order valence-electron chi connectivity index (χ1n) is 6.60. The molecule has 1 aliphatic heterocycles. The lowest BCUT2D eigenvalue weighted by Gasteiger charge is -2.18. The second kappa shape index (κ2) is 5.54. The summed E-state index contributed by atoms with van der Waals surface area (Å²) < 4.78 is 0.877. The Morgan fingerprint density at radius 3 is 3.00 bits per heavy atom. The summed E-state index contributed by atoms with van der Waals surface area (Å²) in [6, 6.07) is 5.46. The normalized spacial score (nSPS) is 15.9. The van der Waals surface area contributed by atoms with Crippen LogP contribution in [0, 0.1) is 0 Å². The second-order valence-electron chi connectivity index (χ2n) is 4.89. The van der Waals surface area contributed by atoms with E-state index in [-0.39, 0.29) is 18.4 Å². The van der Waals surface area contributed by atoms with Crippen molar-refractivity contribution in [1.29, 1.82) is 0 Å². The summed E-state index contributed by atoms with van der Waals surface area (Å²) >= 11 is 7.47. The van der Waals surface area contributed by atoms with Gasteiger partial charge in [0.2, 0.25) is 5.91 Å². The van der Waals surface area contributed by atoms with Crippen LogP contribution in [0.5, 0.6) is 0 Å². The number of amides is 2. The van der Waals surface area contributed by atoms with Crippen LogP contribution in [0.1, 0.15) is 16.1 Å². The molecule has 0 atom stereocenters. The SMILES string of the molecule is Nc1c(C(=O)N2CCCNC(=O)C2)sc2cccc(Cl)c12. The number of carbonyl (C=O) groups excluding carboxylic acids is 2. The number of nitrogens with two attached hydrogens (primary N) is 1. The fourth-order valence-corrected chi connectivity index (χ4v) is 3.86. The highest BCUT2D eigenvalue weighted by Gasteiger charge is 2.25. The average molecular weight is 324 g/mol. The number of benzene rings is 1. The van der Waals surface area contributed by atoms with E-state index in [1.807, 2.05) is 12.1 Å². The zero-order chi connectivity index (χ0) is 15.0. The maximum Gasteiger partial charge on any atom is 0.266 e. The van der Waals surface area contributed by atoms with Gasteiger partial charge in [0.05, 0.1) is 17.3 Å². The van der Waals surface area contributed by atoms with Crippen LogP contribution in [-0.2, 0) is 4.79 Å². The lowest BCUT2D eigenvalue weighted by Crippen LogP contribution is -2.37. The molecule has 3 N–H and O–H groups in total. The van der Waals surface area contributed by atoms with E-state index in [1.165, 1.54) is 16.2 Å². The van der Waals surface area contributed by atoms with Crippen molar-refractivity contribution in [3.05, 3.63) is 28.1 Å². The Morgan fingerprint density at radius 1 is 1.43 bits per heavy atom. The molecule has 2 amide bonds. The number of hydrogen-bond donors (Lipinski definition) is 2. The number of carbonyl (C=O) groups is 2. The molecule has 5 nitrogen and oxygen atoms in total. The van der Waals surface area contributed by atoms with Gasteiger partial charge in [0.15, 0.2) is 0 Å². The van der Waals surface area contributed by atoms with E-state index in [0.717, 1.165) is 11.1 Å². The molecule has 1 fully saturated rings. The zero-order valence-electron chi connectivity index (χ0n) is 11.2. The number of hydrogen-bond acceptors (Lipinski definition) is 4. The van der Waals surface area contributed by atoms with E-state index in [2.05, 4.69) is 5.32 Å². The van der Waals surface area contributed by atoms with Gasteiger partial charge in [-0.05, 0) is 18.6 Å². The number of nitrogen functional groups attached to an aromatic ring is 1. The Morgan fingerprint density at radius 2 is 2.24 bits per heavy atom. The fourth-order valence-electron chi connectivity index (χ4n) is 2.41. The van der Waals surface area contributed by atoms with E-state index in [9.17, 15) is 9.59 Å². The number of halogens is 1. The molecule has 1 aliphatic rings. The summed E-state index contributed by atoms with van der Waals surface area (Å²) in [4.78, 5) is 26.2. The maximum absolute atomic E-state index is 12.6. The van der Waals surface area contributed by atoms with Crippen LogP contribution in [-0.4, -0.2) is 36.3 Å². The van der Waals surface area contributed by atoms with Crippen molar-refractivity contribution in [3.63, 3.8) is 0 Å².